The second-order valence-corrected chi connectivity index (χ2v) is 6.15. The van der Waals surface area contributed by atoms with Crippen molar-refractivity contribution >= 4 is 17.6 Å². The third kappa shape index (κ3) is 6.13. The lowest BCUT2D eigenvalue weighted by molar-refractivity contribution is -0.143. The molecular formula is C18H25ClO4. The summed E-state index contributed by atoms with van der Waals surface area (Å²) in [5, 5.41) is 0.687. The van der Waals surface area contributed by atoms with E-state index in [1.807, 2.05) is 25.1 Å². The number of benzene rings is 1. The van der Waals surface area contributed by atoms with Crippen molar-refractivity contribution in [3.63, 3.8) is 0 Å². The number of carbonyl (C=O) groups is 1. The number of esters is 1. The van der Waals surface area contributed by atoms with E-state index in [0.29, 0.717) is 31.1 Å². The van der Waals surface area contributed by atoms with Crippen LogP contribution in [0, 0.1) is 0 Å². The van der Waals surface area contributed by atoms with Gasteiger partial charge in [-0.15, -0.1) is 0 Å². The van der Waals surface area contributed by atoms with E-state index in [9.17, 15) is 4.79 Å². The zero-order chi connectivity index (χ0) is 16.7. The molecule has 1 aromatic carbocycles. The van der Waals surface area contributed by atoms with Gasteiger partial charge in [-0.2, -0.15) is 0 Å². The van der Waals surface area contributed by atoms with Crippen molar-refractivity contribution in [2.75, 3.05) is 19.8 Å². The van der Waals surface area contributed by atoms with Crippen molar-refractivity contribution in [3.05, 3.63) is 34.3 Å². The number of hydrogen-bond acceptors (Lipinski definition) is 4. The minimum atomic E-state index is -0.173. The van der Waals surface area contributed by atoms with Crippen molar-refractivity contribution in [3.8, 4) is 0 Å². The molecule has 0 amide bonds. The van der Waals surface area contributed by atoms with Crippen LogP contribution in [-0.4, -0.2) is 31.9 Å². The van der Waals surface area contributed by atoms with E-state index in [2.05, 4.69) is 6.92 Å². The van der Waals surface area contributed by atoms with Crippen molar-refractivity contribution < 1.29 is 19.0 Å². The molecule has 128 valence electrons. The van der Waals surface area contributed by atoms with Crippen LogP contribution in [0.4, 0.5) is 0 Å². The molecule has 0 bridgehead atoms. The molecule has 0 saturated carbocycles. The quantitative estimate of drug-likeness (QED) is 0.475. The number of hydrogen-bond donors (Lipinski definition) is 0. The van der Waals surface area contributed by atoms with Crippen molar-refractivity contribution in [2.45, 2.75) is 51.7 Å². The van der Waals surface area contributed by atoms with Gasteiger partial charge in [0.2, 0.25) is 0 Å². The number of carbonyl (C=O) groups excluding carboxylic acids is 1. The van der Waals surface area contributed by atoms with Gasteiger partial charge in [-0.05, 0) is 43.0 Å². The van der Waals surface area contributed by atoms with E-state index >= 15 is 0 Å². The first-order valence-electron chi connectivity index (χ1n) is 8.31. The van der Waals surface area contributed by atoms with Crippen LogP contribution in [-0.2, 0) is 25.4 Å². The van der Waals surface area contributed by atoms with Crippen LogP contribution >= 0.6 is 11.6 Å². The maximum absolute atomic E-state index is 11.6. The molecule has 0 aliphatic carbocycles. The Bertz CT molecular complexity index is 514. The number of ether oxygens (including phenoxy) is 3. The summed E-state index contributed by atoms with van der Waals surface area (Å²) in [6.45, 7) is 5.75. The molecule has 2 atom stereocenters. The molecule has 2 rings (SSSR count). The lowest BCUT2D eigenvalue weighted by Gasteiger charge is -2.21. The maximum Gasteiger partial charge on any atom is 0.306 e. The van der Waals surface area contributed by atoms with Gasteiger partial charge in [0.15, 0.2) is 0 Å². The van der Waals surface area contributed by atoms with Gasteiger partial charge >= 0.3 is 5.97 Å². The molecule has 0 aromatic heterocycles. The summed E-state index contributed by atoms with van der Waals surface area (Å²) >= 11 is 6.18. The van der Waals surface area contributed by atoms with Crippen LogP contribution in [0.15, 0.2) is 18.2 Å². The smallest absolute Gasteiger partial charge is 0.306 e. The number of epoxide rings is 1. The minimum absolute atomic E-state index is 0.0138. The average molecular weight is 341 g/mol. The normalized spacial score (nSPS) is 17.8. The second-order valence-electron chi connectivity index (χ2n) is 5.71. The summed E-state index contributed by atoms with van der Waals surface area (Å²) in [6.07, 6.45) is 3.15. The zero-order valence-corrected chi connectivity index (χ0v) is 14.6. The Kier molecular flexibility index (Phi) is 7.34. The van der Waals surface area contributed by atoms with Crippen LogP contribution in [0.25, 0.3) is 0 Å². The fraction of sp³-hybridized carbons (Fsp3) is 0.611. The van der Waals surface area contributed by atoms with E-state index in [4.69, 9.17) is 25.8 Å². The van der Waals surface area contributed by atoms with Gasteiger partial charge in [-0.25, -0.2) is 0 Å². The summed E-state index contributed by atoms with van der Waals surface area (Å²) in [6, 6.07) is 5.80. The van der Waals surface area contributed by atoms with Gasteiger partial charge in [0, 0.05) is 11.4 Å². The summed E-state index contributed by atoms with van der Waals surface area (Å²) < 4.78 is 16.3. The number of rotatable bonds is 10. The molecule has 0 radical (unpaired) electrons. The molecule has 1 heterocycles. The van der Waals surface area contributed by atoms with E-state index in [1.54, 1.807) is 0 Å². The van der Waals surface area contributed by atoms with Crippen molar-refractivity contribution in [1.82, 2.24) is 0 Å². The van der Waals surface area contributed by atoms with E-state index in [-0.39, 0.29) is 18.2 Å². The molecule has 1 saturated heterocycles. The fourth-order valence-electron chi connectivity index (χ4n) is 2.54. The molecule has 1 aliphatic rings. The highest BCUT2D eigenvalue weighted by Crippen LogP contribution is 2.30. The predicted molar refractivity (Wildman–Crippen MR) is 89.7 cm³/mol. The van der Waals surface area contributed by atoms with Crippen LogP contribution in [0.3, 0.4) is 0 Å². The van der Waals surface area contributed by atoms with Crippen LogP contribution < -0.4 is 0 Å². The molecular weight excluding hydrogens is 316 g/mol. The molecule has 4 nitrogen and oxygen atoms in total. The Morgan fingerprint density at radius 1 is 1.43 bits per heavy atom. The van der Waals surface area contributed by atoms with Gasteiger partial charge < -0.3 is 14.2 Å². The van der Waals surface area contributed by atoms with E-state index < -0.39 is 0 Å². The summed E-state index contributed by atoms with van der Waals surface area (Å²) in [7, 11) is 0. The number of aryl methyl sites for hydroxylation is 1. The largest absolute Gasteiger partial charge is 0.466 e. The monoisotopic (exact) mass is 340 g/mol. The molecule has 1 fully saturated rings. The average Bonchev–Trinajstić information content (AvgIpc) is 3.35. The zero-order valence-electron chi connectivity index (χ0n) is 13.8. The third-order valence-corrected chi connectivity index (χ3v) is 4.03. The van der Waals surface area contributed by atoms with Gasteiger partial charge in [0.25, 0.3) is 0 Å². The first-order valence-corrected chi connectivity index (χ1v) is 8.69. The summed E-state index contributed by atoms with van der Waals surface area (Å²) in [4.78, 5) is 11.6. The SMILES string of the molecule is CCC[C@@H](OC[C@H]1CO1)c1cc(Cl)ccc1CCC(=O)OCC. The Labute approximate surface area is 143 Å². The number of halogens is 1. The predicted octanol–water partition coefficient (Wildman–Crippen LogP) is 4.09. The Morgan fingerprint density at radius 3 is 2.87 bits per heavy atom. The lowest BCUT2D eigenvalue weighted by atomic mass is 9.96. The molecule has 0 spiro atoms. The lowest BCUT2D eigenvalue weighted by Crippen LogP contribution is -2.12. The topological polar surface area (TPSA) is 48.1 Å². The Morgan fingerprint density at radius 2 is 2.22 bits per heavy atom. The van der Waals surface area contributed by atoms with Crippen LogP contribution in [0.2, 0.25) is 5.02 Å². The van der Waals surface area contributed by atoms with Gasteiger partial charge in [-0.3, -0.25) is 4.79 Å². The second kappa shape index (κ2) is 9.26. The van der Waals surface area contributed by atoms with E-state index in [0.717, 1.165) is 30.6 Å². The molecule has 1 aliphatic heterocycles. The highest BCUT2D eigenvalue weighted by atomic mass is 35.5. The van der Waals surface area contributed by atoms with E-state index in [1.165, 1.54) is 0 Å². The first kappa shape index (κ1) is 18.2. The van der Waals surface area contributed by atoms with Crippen LogP contribution in [0.1, 0.15) is 50.3 Å². The highest BCUT2D eigenvalue weighted by molar-refractivity contribution is 6.30. The molecule has 0 N–H and O–H groups in total. The Balaban J connectivity index is 2.08. The van der Waals surface area contributed by atoms with Crippen molar-refractivity contribution in [1.29, 1.82) is 0 Å². The first-order chi connectivity index (χ1) is 11.1. The highest BCUT2D eigenvalue weighted by Gasteiger charge is 2.25. The summed E-state index contributed by atoms with van der Waals surface area (Å²) in [5.74, 6) is -0.173. The molecule has 0 unspecified atom stereocenters. The van der Waals surface area contributed by atoms with Crippen LogP contribution in [0.5, 0.6) is 0 Å². The molecule has 5 heteroatoms. The maximum atomic E-state index is 11.6. The summed E-state index contributed by atoms with van der Waals surface area (Å²) in [5.41, 5.74) is 2.17. The third-order valence-electron chi connectivity index (χ3n) is 3.80. The van der Waals surface area contributed by atoms with Crippen molar-refractivity contribution in [2.24, 2.45) is 0 Å². The van der Waals surface area contributed by atoms with Gasteiger partial charge in [0.05, 0.1) is 25.9 Å². The minimum Gasteiger partial charge on any atom is -0.466 e. The standard InChI is InChI=1S/C18H25ClO4/c1-3-5-17(23-12-15-11-22-15)16-10-14(19)8-6-13(16)7-9-18(20)21-4-2/h6,8,10,15,17H,3-5,7,9,11-12H2,1-2H3/t15-,17-/m1/s1. The fourth-order valence-corrected chi connectivity index (χ4v) is 2.72. The Hall–Kier alpha value is -1.10. The van der Waals surface area contributed by atoms with Gasteiger partial charge in [0.1, 0.15) is 6.10 Å². The molecule has 23 heavy (non-hydrogen) atoms. The van der Waals surface area contributed by atoms with Gasteiger partial charge in [-0.1, -0.05) is 31.0 Å². The molecule has 1 aromatic rings.